The number of Topliss-reactive ketones (excluding diaryl/α,β-unsaturated/α-hetero) is 1. The van der Waals surface area contributed by atoms with Gasteiger partial charge in [0.25, 0.3) is 5.69 Å². The summed E-state index contributed by atoms with van der Waals surface area (Å²) in [5.41, 5.74) is 1.51. The Morgan fingerprint density at radius 2 is 1.64 bits per heavy atom. The van der Waals surface area contributed by atoms with Gasteiger partial charge in [-0.3, -0.25) is 14.9 Å². The number of hydrogen-bond acceptors (Lipinski definition) is 6. The van der Waals surface area contributed by atoms with Crippen LogP contribution in [0, 0.1) is 10.1 Å². The first-order chi connectivity index (χ1) is 12.0. The molecule has 0 aromatic heterocycles. The van der Waals surface area contributed by atoms with Gasteiger partial charge in [-0.1, -0.05) is 31.2 Å². The second kappa shape index (κ2) is 8.58. The number of esters is 1. The first-order valence-corrected chi connectivity index (χ1v) is 7.64. The molecule has 0 saturated heterocycles. The van der Waals surface area contributed by atoms with E-state index in [0.29, 0.717) is 11.3 Å². The van der Waals surface area contributed by atoms with Crippen molar-refractivity contribution in [2.45, 2.75) is 13.3 Å². The first kappa shape index (κ1) is 18.1. The lowest BCUT2D eigenvalue weighted by molar-refractivity contribution is -0.384. The average Bonchev–Trinajstić information content (AvgIpc) is 2.64. The fourth-order valence-electron chi connectivity index (χ4n) is 2.00. The summed E-state index contributed by atoms with van der Waals surface area (Å²) >= 11 is 0. The zero-order valence-electron chi connectivity index (χ0n) is 13.6. The topological polar surface area (TPSA) is 95.7 Å². The van der Waals surface area contributed by atoms with Gasteiger partial charge in [0, 0.05) is 17.7 Å². The van der Waals surface area contributed by atoms with Crippen molar-refractivity contribution in [1.29, 1.82) is 0 Å². The summed E-state index contributed by atoms with van der Waals surface area (Å²) in [7, 11) is 0. The van der Waals surface area contributed by atoms with E-state index in [1.807, 2.05) is 19.1 Å². The third-order valence-corrected chi connectivity index (χ3v) is 3.45. The van der Waals surface area contributed by atoms with Crippen LogP contribution in [0.1, 0.15) is 22.8 Å². The molecular formula is C18H17NO6. The fraction of sp³-hybridized carbons (Fsp3) is 0.222. The highest BCUT2D eigenvalue weighted by Crippen LogP contribution is 2.17. The Balaban J connectivity index is 1.77. The van der Waals surface area contributed by atoms with Crippen LogP contribution in [0.2, 0.25) is 0 Å². The van der Waals surface area contributed by atoms with Crippen molar-refractivity contribution < 1.29 is 24.0 Å². The van der Waals surface area contributed by atoms with Crippen LogP contribution in [0.15, 0.2) is 48.5 Å². The van der Waals surface area contributed by atoms with Gasteiger partial charge >= 0.3 is 5.97 Å². The second-order valence-electron chi connectivity index (χ2n) is 5.17. The van der Waals surface area contributed by atoms with Crippen molar-refractivity contribution in [2.75, 3.05) is 13.2 Å². The van der Waals surface area contributed by atoms with Crippen LogP contribution in [0.4, 0.5) is 5.69 Å². The van der Waals surface area contributed by atoms with E-state index in [0.717, 1.165) is 12.0 Å². The number of hydrogen-bond donors (Lipinski definition) is 0. The van der Waals surface area contributed by atoms with Gasteiger partial charge in [-0.2, -0.15) is 0 Å². The maximum absolute atomic E-state index is 11.9. The van der Waals surface area contributed by atoms with Crippen LogP contribution in [-0.4, -0.2) is 29.9 Å². The molecule has 0 spiro atoms. The lowest BCUT2D eigenvalue weighted by atomic mass is 10.1. The standard InChI is InChI=1S/C18H17NO6/c1-2-13-3-5-14(6-4-13)17(20)11-25-18(21)12-24-16-9-7-15(8-10-16)19(22)23/h3-10H,2,11-12H2,1H3. The molecule has 0 amide bonds. The molecule has 0 radical (unpaired) electrons. The lowest BCUT2D eigenvalue weighted by Gasteiger charge is -2.07. The van der Waals surface area contributed by atoms with E-state index in [-0.39, 0.29) is 24.7 Å². The Kier molecular flexibility index (Phi) is 6.22. The highest BCUT2D eigenvalue weighted by atomic mass is 16.6. The zero-order valence-corrected chi connectivity index (χ0v) is 13.6. The second-order valence-corrected chi connectivity index (χ2v) is 5.17. The van der Waals surface area contributed by atoms with Gasteiger partial charge in [0.15, 0.2) is 19.0 Å². The Labute approximate surface area is 144 Å². The summed E-state index contributed by atoms with van der Waals surface area (Å²) in [5.74, 6) is -0.702. The quantitative estimate of drug-likeness (QED) is 0.316. The van der Waals surface area contributed by atoms with E-state index in [2.05, 4.69) is 0 Å². The molecule has 0 heterocycles. The smallest absolute Gasteiger partial charge is 0.344 e. The molecule has 0 bridgehead atoms. The Morgan fingerprint density at radius 1 is 1.00 bits per heavy atom. The first-order valence-electron chi connectivity index (χ1n) is 7.64. The van der Waals surface area contributed by atoms with E-state index in [1.54, 1.807) is 12.1 Å². The number of non-ortho nitro benzene ring substituents is 1. The van der Waals surface area contributed by atoms with Crippen LogP contribution in [-0.2, 0) is 16.0 Å². The summed E-state index contributed by atoms with van der Waals surface area (Å²) in [5, 5.41) is 10.5. The largest absolute Gasteiger partial charge is 0.482 e. The normalized spacial score (nSPS) is 10.1. The number of aryl methyl sites for hydroxylation is 1. The molecule has 130 valence electrons. The number of benzene rings is 2. The molecular weight excluding hydrogens is 326 g/mol. The summed E-state index contributed by atoms with van der Waals surface area (Å²) in [6.45, 7) is 1.26. The Morgan fingerprint density at radius 3 is 2.20 bits per heavy atom. The molecule has 0 atom stereocenters. The summed E-state index contributed by atoms with van der Waals surface area (Å²) in [6, 6.07) is 12.4. The molecule has 2 aromatic rings. The summed E-state index contributed by atoms with van der Waals surface area (Å²) in [4.78, 5) is 33.6. The molecule has 25 heavy (non-hydrogen) atoms. The molecule has 0 N–H and O–H groups in total. The fourth-order valence-corrected chi connectivity index (χ4v) is 2.00. The number of nitro benzene ring substituents is 1. The van der Waals surface area contributed by atoms with Crippen molar-refractivity contribution in [3.05, 3.63) is 69.8 Å². The van der Waals surface area contributed by atoms with Crippen LogP contribution in [0.5, 0.6) is 5.75 Å². The molecule has 2 rings (SSSR count). The van der Waals surface area contributed by atoms with Gasteiger partial charge in [-0.05, 0) is 24.1 Å². The minimum Gasteiger partial charge on any atom is -0.482 e. The van der Waals surface area contributed by atoms with Crippen LogP contribution >= 0.6 is 0 Å². The van der Waals surface area contributed by atoms with Crippen molar-refractivity contribution in [3.63, 3.8) is 0 Å². The molecule has 0 saturated carbocycles. The number of nitrogens with zero attached hydrogens (tertiary/aromatic N) is 1. The van der Waals surface area contributed by atoms with Crippen LogP contribution < -0.4 is 4.74 Å². The lowest BCUT2D eigenvalue weighted by Crippen LogP contribution is -2.19. The van der Waals surface area contributed by atoms with Crippen LogP contribution in [0.3, 0.4) is 0 Å². The molecule has 7 nitrogen and oxygen atoms in total. The van der Waals surface area contributed by atoms with Gasteiger partial charge < -0.3 is 9.47 Å². The van der Waals surface area contributed by atoms with E-state index in [9.17, 15) is 19.7 Å². The molecule has 0 aliphatic carbocycles. The third-order valence-electron chi connectivity index (χ3n) is 3.45. The number of carbonyl (C=O) groups is 2. The number of nitro groups is 1. The molecule has 7 heteroatoms. The number of rotatable bonds is 8. The van der Waals surface area contributed by atoms with Crippen molar-refractivity contribution in [3.8, 4) is 5.75 Å². The van der Waals surface area contributed by atoms with Gasteiger partial charge in [0.2, 0.25) is 0 Å². The molecule has 0 aliphatic rings. The highest BCUT2D eigenvalue weighted by Gasteiger charge is 2.11. The SMILES string of the molecule is CCc1ccc(C(=O)COC(=O)COc2ccc([N+](=O)[O-])cc2)cc1. The predicted octanol–water partition coefficient (Wildman–Crippen LogP) is 2.96. The van der Waals surface area contributed by atoms with Gasteiger partial charge in [-0.25, -0.2) is 4.79 Å². The van der Waals surface area contributed by atoms with E-state index in [4.69, 9.17) is 9.47 Å². The molecule has 2 aromatic carbocycles. The van der Waals surface area contributed by atoms with Gasteiger partial charge in [0.1, 0.15) is 5.75 Å². The average molecular weight is 343 g/mol. The Hall–Kier alpha value is -3.22. The minimum absolute atomic E-state index is 0.0744. The monoisotopic (exact) mass is 343 g/mol. The van der Waals surface area contributed by atoms with Crippen molar-refractivity contribution in [1.82, 2.24) is 0 Å². The van der Waals surface area contributed by atoms with Crippen LogP contribution in [0.25, 0.3) is 0 Å². The van der Waals surface area contributed by atoms with Gasteiger partial charge in [-0.15, -0.1) is 0 Å². The summed E-state index contributed by atoms with van der Waals surface area (Å²) < 4.78 is 10.0. The third kappa shape index (κ3) is 5.42. The number of ether oxygens (including phenoxy) is 2. The highest BCUT2D eigenvalue weighted by molar-refractivity contribution is 5.98. The van der Waals surface area contributed by atoms with E-state index < -0.39 is 10.9 Å². The van der Waals surface area contributed by atoms with Crippen molar-refractivity contribution >= 4 is 17.4 Å². The van der Waals surface area contributed by atoms with Crippen molar-refractivity contribution in [2.24, 2.45) is 0 Å². The minimum atomic E-state index is -0.697. The molecule has 0 unspecified atom stereocenters. The number of ketones is 1. The zero-order chi connectivity index (χ0) is 18.2. The Bertz CT molecular complexity index is 752. The van der Waals surface area contributed by atoms with Gasteiger partial charge in [0.05, 0.1) is 4.92 Å². The van der Waals surface area contributed by atoms with E-state index >= 15 is 0 Å². The summed E-state index contributed by atoms with van der Waals surface area (Å²) in [6.07, 6.45) is 0.878. The maximum Gasteiger partial charge on any atom is 0.344 e. The maximum atomic E-state index is 11.9. The molecule has 0 aliphatic heterocycles. The molecule has 0 fully saturated rings. The van der Waals surface area contributed by atoms with E-state index in [1.165, 1.54) is 24.3 Å². The number of carbonyl (C=O) groups excluding carboxylic acids is 2. The predicted molar refractivity (Wildman–Crippen MR) is 89.7 cm³/mol.